The van der Waals surface area contributed by atoms with Crippen molar-refractivity contribution in [2.75, 3.05) is 12.0 Å². The van der Waals surface area contributed by atoms with Crippen LogP contribution in [-0.4, -0.2) is 41.3 Å². The van der Waals surface area contributed by atoms with Crippen LogP contribution in [0.2, 0.25) is 0 Å². The van der Waals surface area contributed by atoms with Gasteiger partial charge < -0.3 is 14.8 Å². The molecule has 1 atom stereocenters. The van der Waals surface area contributed by atoms with Crippen LogP contribution in [0.1, 0.15) is 41.5 Å². The number of thioether (sulfide) groups is 1. The molecule has 19 heavy (non-hydrogen) atoms. The Morgan fingerprint density at radius 3 is 1.89 bits per heavy atom. The van der Waals surface area contributed by atoms with E-state index in [1.54, 1.807) is 41.5 Å². The number of ether oxygens (including phenoxy) is 2. The van der Waals surface area contributed by atoms with Gasteiger partial charge in [0.25, 0.3) is 0 Å². The molecule has 112 valence electrons. The highest BCUT2D eigenvalue weighted by atomic mass is 32.2. The minimum absolute atomic E-state index is 0.439. The Labute approximate surface area is 119 Å². The van der Waals surface area contributed by atoms with Crippen molar-refractivity contribution in [1.29, 1.82) is 0 Å². The number of rotatable bonds is 4. The summed E-state index contributed by atoms with van der Waals surface area (Å²) in [5.74, 6) is -0.0125. The fraction of sp³-hybridized carbons (Fsp3) is 0.846. The fourth-order valence-electron chi connectivity index (χ4n) is 1.16. The molecular weight excluding hydrogens is 266 g/mol. The van der Waals surface area contributed by atoms with Crippen LogP contribution in [0, 0.1) is 0 Å². The molecule has 0 spiro atoms. The Kier molecular flexibility index (Phi) is 6.69. The first kappa shape index (κ1) is 18.1. The topological polar surface area (TPSA) is 64.6 Å². The standard InChI is InChI=1S/C13H25NO4S/c1-12(2,3)17-10(15)9(8-19-7)14-11(16)18-13(4,5)6/h9H,8H2,1-7H3,(H,14,16). The lowest BCUT2D eigenvalue weighted by Gasteiger charge is -2.25. The van der Waals surface area contributed by atoms with Crippen LogP contribution >= 0.6 is 11.8 Å². The van der Waals surface area contributed by atoms with E-state index >= 15 is 0 Å². The Morgan fingerprint density at radius 2 is 1.53 bits per heavy atom. The van der Waals surface area contributed by atoms with Crippen LogP contribution in [0.5, 0.6) is 0 Å². The fourth-order valence-corrected chi connectivity index (χ4v) is 1.71. The Morgan fingerprint density at radius 1 is 1.05 bits per heavy atom. The molecule has 0 aromatic heterocycles. The molecule has 0 aliphatic carbocycles. The SMILES string of the molecule is CSCC(NC(=O)OC(C)(C)C)C(=O)OC(C)(C)C. The largest absolute Gasteiger partial charge is 0.458 e. The highest BCUT2D eigenvalue weighted by molar-refractivity contribution is 7.98. The average Bonchev–Trinajstić information content (AvgIpc) is 2.10. The molecule has 1 N–H and O–H groups in total. The van der Waals surface area contributed by atoms with Crippen molar-refractivity contribution in [2.24, 2.45) is 0 Å². The number of amides is 1. The van der Waals surface area contributed by atoms with Gasteiger partial charge in [-0.3, -0.25) is 0 Å². The van der Waals surface area contributed by atoms with Gasteiger partial charge in [0.15, 0.2) is 0 Å². The van der Waals surface area contributed by atoms with Crippen LogP contribution in [0.4, 0.5) is 4.79 Å². The second kappa shape index (κ2) is 7.03. The van der Waals surface area contributed by atoms with Crippen molar-refractivity contribution >= 4 is 23.8 Å². The maximum absolute atomic E-state index is 11.9. The molecule has 1 amide bonds. The second-order valence-electron chi connectivity index (χ2n) is 6.19. The highest BCUT2D eigenvalue weighted by Crippen LogP contribution is 2.12. The van der Waals surface area contributed by atoms with Gasteiger partial charge in [-0.1, -0.05) is 0 Å². The molecule has 0 saturated heterocycles. The minimum atomic E-state index is -0.705. The molecule has 0 bridgehead atoms. The van der Waals surface area contributed by atoms with Gasteiger partial charge in [-0.15, -0.1) is 0 Å². The van der Waals surface area contributed by atoms with Gasteiger partial charge in [-0.05, 0) is 47.8 Å². The molecule has 0 fully saturated rings. The van der Waals surface area contributed by atoms with Crippen LogP contribution in [0.15, 0.2) is 0 Å². The number of hydrogen-bond donors (Lipinski definition) is 1. The van der Waals surface area contributed by atoms with E-state index in [1.807, 2.05) is 6.26 Å². The van der Waals surface area contributed by atoms with E-state index in [-0.39, 0.29) is 0 Å². The molecule has 5 nitrogen and oxygen atoms in total. The summed E-state index contributed by atoms with van der Waals surface area (Å²) in [4.78, 5) is 23.6. The first-order valence-corrected chi connectivity index (χ1v) is 7.55. The summed E-state index contributed by atoms with van der Waals surface area (Å²) in [6.07, 6.45) is 1.24. The molecule has 0 aliphatic heterocycles. The number of alkyl carbamates (subject to hydrolysis) is 1. The normalized spacial score (nSPS) is 13.6. The third-order valence-corrected chi connectivity index (χ3v) is 2.38. The predicted octanol–water partition coefficient (Wildman–Crippen LogP) is 2.58. The van der Waals surface area contributed by atoms with Gasteiger partial charge in [0.1, 0.15) is 17.2 Å². The van der Waals surface area contributed by atoms with Gasteiger partial charge in [0, 0.05) is 5.75 Å². The summed E-state index contributed by atoms with van der Waals surface area (Å²) >= 11 is 1.45. The molecule has 0 radical (unpaired) electrons. The summed E-state index contributed by atoms with van der Waals surface area (Å²) in [5, 5.41) is 2.54. The van der Waals surface area contributed by atoms with E-state index in [0.717, 1.165) is 0 Å². The maximum Gasteiger partial charge on any atom is 0.408 e. The van der Waals surface area contributed by atoms with Crippen LogP contribution in [0.3, 0.4) is 0 Å². The second-order valence-corrected chi connectivity index (χ2v) is 7.10. The third-order valence-electron chi connectivity index (χ3n) is 1.72. The van der Waals surface area contributed by atoms with Crippen molar-refractivity contribution in [3.8, 4) is 0 Å². The monoisotopic (exact) mass is 291 g/mol. The van der Waals surface area contributed by atoms with E-state index in [2.05, 4.69) is 5.32 Å². The molecule has 1 unspecified atom stereocenters. The lowest BCUT2D eigenvalue weighted by atomic mass is 10.2. The smallest absolute Gasteiger partial charge is 0.408 e. The van der Waals surface area contributed by atoms with Crippen LogP contribution < -0.4 is 5.32 Å². The van der Waals surface area contributed by atoms with E-state index in [1.165, 1.54) is 11.8 Å². The first-order chi connectivity index (χ1) is 8.44. The number of carbonyl (C=O) groups is 2. The maximum atomic E-state index is 11.9. The summed E-state index contributed by atoms with van der Waals surface area (Å²) in [7, 11) is 0. The molecule has 0 heterocycles. The summed E-state index contributed by atoms with van der Waals surface area (Å²) in [5.41, 5.74) is -1.18. The molecular formula is C13H25NO4S. The molecule has 0 saturated carbocycles. The highest BCUT2D eigenvalue weighted by Gasteiger charge is 2.28. The lowest BCUT2D eigenvalue weighted by Crippen LogP contribution is -2.47. The number of hydrogen-bond acceptors (Lipinski definition) is 5. The molecule has 0 aliphatic rings. The first-order valence-electron chi connectivity index (χ1n) is 6.16. The van der Waals surface area contributed by atoms with E-state index in [4.69, 9.17) is 9.47 Å². The Bertz CT molecular complexity index is 318. The van der Waals surface area contributed by atoms with Crippen molar-refractivity contribution in [1.82, 2.24) is 5.32 Å². The zero-order chi connectivity index (χ0) is 15.3. The number of esters is 1. The molecule has 0 aromatic rings. The molecule has 0 aromatic carbocycles. The zero-order valence-corrected chi connectivity index (χ0v) is 13.6. The average molecular weight is 291 g/mol. The van der Waals surface area contributed by atoms with E-state index in [0.29, 0.717) is 5.75 Å². The minimum Gasteiger partial charge on any atom is -0.458 e. The number of carbonyl (C=O) groups excluding carboxylic acids is 2. The summed E-state index contributed by atoms with van der Waals surface area (Å²) < 4.78 is 10.4. The quantitative estimate of drug-likeness (QED) is 0.807. The van der Waals surface area contributed by atoms with Crippen LogP contribution in [-0.2, 0) is 14.3 Å². The van der Waals surface area contributed by atoms with Crippen molar-refractivity contribution in [3.63, 3.8) is 0 Å². The number of nitrogens with one attached hydrogen (secondary N) is 1. The van der Waals surface area contributed by atoms with E-state index in [9.17, 15) is 9.59 Å². The van der Waals surface area contributed by atoms with Gasteiger partial charge in [-0.2, -0.15) is 11.8 Å². The van der Waals surface area contributed by atoms with E-state index < -0.39 is 29.3 Å². The lowest BCUT2D eigenvalue weighted by molar-refractivity contribution is -0.156. The summed E-state index contributed by atoms with van der Waals surface area (Å²) in [6.45, 7) is 10.7. The van der Waals surface area contributed by atoms with Crippen LogP contribution in [0.25, 0.3) is 0 Å². The van der Waals surface area contributed by atoms with Gasteiger partial charge in [-0.25, -0.2) is 9.59 Å². The summed E-state index contributed by atoms with van der Waals surface area (Å²) in [6, 6.07) is -0.705. The third kappa shape index (κ3) is 9.64. The van der Waals surface area contributed by atoms with Gasteiger partial charge >= 0.3 is 12.1 Å². The van der Waals surface area contributed by atoms with Crippen molar-refractivity contribution in [3.05, 3.63) is 0 Å². The van der Waals surface area contributed by atoms with Crippen molar-refractivity contribution < 1.29 is 19.1 Å². The molecule has 6 heteroatoms. The molecule has 0 rings (SSSR count). The predicted molar refractivity (Wildman–Crippen MR) is 77.4 cm³/mol. The van der Waals surface area contributed by atoms with Gasteiger partial charge in [0.05, 0.1) is 0 Å². The van der Waals surface area contributed by atoms with Crippen molar-refractivity contribution in [2.45, 2.75) is 58.8 Å². The van der Waals surface area contributed by atoms with Gasteiger partial charge in [0.2, 0.25) is 0 Å². The zero-order valence-electron chi connectivity index (χ0n) is 12.8. The Hall–Kier alpha value is -0.910. The Balaban J connectivity index is 4.57.